The molecule has 0 radical (unpaired) electrons. The van der Waals surface area contributed by atoms with Crippen LogP contribution in [0.1, 0.15) is 32.6 Å². The molecular weight excluding hydrogens is 188 g/mol. The van der Waals surface area contributed by atoms with Crippen molar-refractivity contribution in [1.82, 2.24) is 10.2 Å². The van der Waals surface area contributed by atoms with Crippen LogP contribution in [-0.2, 0) is 0 Å². The largest absolute Gasteiger partial charge is 0.395 e. The summed E-state index contributed by atoms with van der Waals surface area (Å²) in [4.78, 5) is 2.55. The lowest BCUT2D eigenvalue weighted by molar-refractivity contribution is 0.0387. The number of rotatable bonds is 2. The van der Waals surface area contributed by atoms with E-state index in [1.807, 2.05) is 0 Å². The van der Waals surface area contributed by atoms with Gasteiger partial charge in [-0.2, -0.15) is 0 Å². The Bertz CT molecular complexity index is 198. The Hall–Kier alpha value is -0.120. The zero-order chi connectivity index (χ0) is 10.7. The van der Waals surface area contributed by atoms with E-state index in [-0.39, 0.29) is 0 Å². The first kappa shape index (κ1) is 11.4. The van der Waals surface area contributed by atoms with Crippen LogP contribution in [0.3, 0.4) is 0 Å². The van der Waals surface area contributed by atoms with E-state index in [9.17, 15) is 5.11 Å². The molecular formula is C12H24N2O. The zero-order valence-corrected chi connectivity index (χ0v) is 9.78. The quantitative estimate of drug-likeness (QED) is 0.712. The molecule has 0 aromatic rings. The fraction of sp³-hybridized carbons (Fsp3) is 1.00. The summed E-state index contributed by atoms with van der Waals surface area (Å²) in [5.41, 5.74) is 0. The molecule has 3 atom stereocenters. The predicted octanol–water partition coefficient (Wildman–Crippen LogP) is 0.831. The molecule has 3 heteroatoms. The Balaban J connectivity index is 1.94. The lowest BCUT2D eigenvalue weighted by Crippen LogP contribution is -2.57. The van der Waals surface area contributed by atoms with Gasteiger partial charge >= 0.3 is 0 Å². The molecule has 0 aromatic carbocycles. The van der Waals surface area contributed by atoms with Gasteiger partial charge in [-0.1, -0.05) is 19.8 Å². The van der Waals surface area contributed by atoms with Gasteiger partial charge in [-0.05, 0) is 18.8 Å². The third-order valence-electron chi connectivity index (χ3n) is 3.98. The van der Waals surface area contributed by atoms with Crippen molar-refractivity contribution in [2.45, 2.75) is 44.7 Å². The van der Waals surface area contributed by atoms with Crippen molar-refractivity contribution < 1.29 is 5.11 Å². The molecule has 15 heavy (non-hydrogen) atoms. The molecule has 0 amide bonds. The summed E-state index contributed by atoms with van der Waals surface area (Å²) in [6.07, 6.45) is 5.43. The Labute approximate surface area is 92.8 Å². The van der Waals surface area contributed by atoms with Gasteiger partial charge in [-0.15, -0.1) is 0 Å². The van der Waals surface area contributed by atoms with Crippen LogP contribution in [0, 0.1) is 5.92 Å². The van der Waals surface area contributed by atoms with Gasteiger partial charge in [0.15, 0.2) is 0 Å². The molecule has 2 fully saturated rings. The summed E-state index contributed by atoms with van der Waals surface area (Å²) in [7, 11) is 0. The van der Waals surface area contributed by atoms with Crippen molar-refractivity contribution in [3.63, 3.8) is 0 Å². The van der Waals surface area contributed by atoms with E-state index in [1.54, 1.807) is 0 Å². The Morgan fingerprint density at radius 3 is 3.00 bits per heavy atom. The van der Waals surface area contributed by atoms with Crippen LogP contribution in [0.5, 0.6) is 0 Å². The zero-order valence-electron chi connectivity index (χ0n) is 9.78. The minimum atomic E-state index is 0.303. The highest BCUT2D eigenvalue weighted by molar-refractivity contribution is 4.87. The third kappa shape index (κ3) is 2.71. The summed E-state index contributed by atoms with van der Waals surface area (Å²) in [6, 6.07) is 1.09. The molecule has 1 aliphatic heterocycles. The highest BCUT2D eigenvalue weighted by Crippen LogP contribution is 2.28. The molecule has 88 valence electrons. The summed E-state index contributed by atoms with van der Waals surface area (Å²) in [6.45, 7) is 5.82. The minimum Gasteiger partial charge on any atom is -0.395 e. The van der Waals surface area contributed by atoms with Crippen molar-refractivity contribution in [2.24, 2.45) is 5.92 Å². The first-order valence-corrected chi connectivity index (χ1v) is 6.38. The average molecular weight is 212 g/mol. The number of nitrogens with one attached hydrogen (secondary N) is 1. The number of nitrogens with zero attached hydrogens (tertiary/aromatic N) is 1. The molecule has 2 rings (SSSR count). The molecule has 1 heterocycles. The second-order valence-corrected chi connectivity index (χ2v) is 5.20. The number of hydrogen-bond donors (Lipinski definition) is 2. The predicted molar refractivity (Wildman–Crippen MR) is 61.9 cm³/mol. The van der Waals surface area contributed by atoms with Crippen molar-refractivity contribution in [1.29, 1.82) is 0 Å². The van der Waals surface area contributed by atoms with Crippen LogP contribution in [0.25, 0.3) is 0 Å². The van der Waals surface area contributed by atoms with E-state index in [0.717, 1.165) is 31.6 Å². The molecule has 1 aliphatic carbocycles. The van der Waals surface area contributed by atoms with Crippen LogP contribution in [0.4, 0.5) is 0 Å². The van der Waals surface area contributed by atoms with Gasteiger partial charge in [0.2, 0.25) is 0 Å². The molecule has 1 saturated carbocycles. The van der Waals surface area contributed by atoms with Crippen LogP contribution in [0.15, 0.2) is 0 Å². The highest BCUT2D eigenvalue weighted by Gasteiger charge is 2.30. The highest BCUT2D eigenvalue weighted by atomic mass is 16.3. The Kier molecular flexibility index (Phi) is 4.00. The molecule has 2 aliphatic rings. The van der Waals surface area contributed by atoms with Crippen molar-refractivity contribution >= 4 is 0 Å². The van der Waals surface area contributed by atoms with Crippen LogP contribution in [-0.4, -0.2) is 48.3 Å². The van der Waals surface area contributed by atoms with Gasteiger partial charge in [0, 0.05) is 31.7 Å². The Morgan fingerprint density at radius 1 is 1.40 bits per heavy atom. The third-order valence-corrected chi connectivity index (χ3v) is 3.98. The molecule has 2 N–H and O–H groups in total. The smallest absolute Gasteiger partial charge is 0.0599 e. The van der Waals surface area contributed by atoms with Gasteiger partial charge in [-0.3, -0.25) is 4.90 Å². The minimum absolute atomic E-state index is 0.303. The van der Waals surface area contributed by atoms with Crippen LogP contribution >= 0.6 is 0 Å². The topological polar surface area (TPSA) is 35.5 Å². The first-order valence-electron chi connectivity index (χ1n) is 6.38. The standard InChI is InChI=1S/C12H24N2O/c1-10-3-2-4-11(7-10)14-6-5-13-8-12(14)9-15/h10-13,15H,2-9H2,1H3. The lowest BCUT2D eigenvalue weighted by Gasteiger charge is -2.43. The van der Waals surface area contributed by atoms with Gasteiger partial charge < -0.3 is 10.4 Å². The number of aliphatic hydroxyl groups excluding tert-OH is 1. The van der Waals surface area contributed by atoms with Crippen LogP contribution < -0.4 is 5.32 Å². The van der Waals surface area contributed by atoms with Crippen molar-refractivity contribution in [3.8, 4) is 0 Å². The molecule has 0 bridgehead atoms. The van der Waals surface area contributed by atoms with Gasteiger partial charge in [0.05, 0.1) is 6.61 Å². The van der Waals surface area contributed by atoms with E-state index in [1.165, 1.54) is 25.7 Å². The maximum absolute atomic E-state index is 9.38. The van der Waals surface area contributed by atoms with E-state index in [2.05, 4.69) is 17.1 Å². The lowest BCUT2D eigenvalue weighted by atomic mass is 9.85. The molecule has 3 nitrogen and oxygen atoms in total. The van der Waals surface area contributed by atoms with E-state index in [4.69, 9.17) is 0 Å². The summed E-state index contributed by atoms with van der Waals surface area (Å²) >= 11 is 0. The van der Waals surface area contributed by atoms with Gasteiger partial charge in [0.1, 0.15) is 0 Å². The molecule has 0 spiro atoms. The second kappa shape index (κ2) is 5.28. The van der Waals surface area contributed by atoms with Crippen LogP contribution in [0.2, 0.25) is 0 Å². The second-order valence-electron chi connectivity index (χ2n) is 5.20. The average Bonchev–Trinajstić information content (AvgIpc) is 2.29. The molecule has 1 saturated heterocycles. The van der Waals surface area contributed by atoms with Crippen molar-refractivity contribution in [2.75, 3.05) is 26.2 Å². The van der Waals surface area contributed by atoms with Gasteiger partial charge in [0.25, 0.3) is 0 Å². The SMILES string of the molecule is CC1CCCC(N2CCNCC2CO)C1. The van der Waals surface area contributed by atoms with Gasteiger partial charge in [-0.25, -0.2) is 0 Å². The fourth-order valence-corrected chi connectivity index (χ4v) is 3.13. The molecule has 0 aromatic heterocycles. The number of piperazine rings is 1. The van der Waals surface area contributed by atoms with E-state index in [0.29, 0.717) is 12.6 Å². The normalized spacial score (nSPS) is 39.2. The molecule has 3 unspecified atom stereocenters. The van der Waals surface area contributed by atoms with E-state index < -0.39 is 0 Å². The fourth-order valence-electron chi connectivity index (χ4n) is 3.13. The van der Waals surface area contributed by atoms with E-state index >= 15 is 0 Å². The Morgan fingerprint density at radius 2 is 2.27 bits per heavy atom. The van der Waals surface area contributed by atoms with Crippen molar-refractivity contribution in [3.05, 3.63) is 0 Å². The number of hydrogen-bond acceptors (Lipinski definition) is 3. The monoisotopic (exact) mass is 212 g/mol. The maximum Gasteiger partial charge on any atom is 0.0599 e. The maximum atomic E-state index is 9.38. The summed E-state index contributed by atoms with van der Waals surface area (Å²) in [5, 5.41) is 12.7. The number of aliphatic hydroxyl groups is 1. The first-order chi connectivity index (χ1) is 7.31. The summed E-state index contributed by atoms with van der Waals surface area (Å²) < 4.78 is 0. The summed E-state index contributed by atoms with van der Waals surface area (Å²) in [5.74, 6) is 0.873.